The Morgan fingerprint density at radius 1 is 0.977 bits per heavy atom. The molecule has 0 spiro atoms. The van der Waals surface area contributed by atoms with Crippen molar-refractivity contribution in [2.45, 2.75) is 31.4 Å². The molecule has 0 saturated carbocycles. The van der Waals surface area contributed by atoms with E-state index in [4.69, 9.17) is 9.47 Å². The summed E-state index contributed by atoms with van der Waals surface area (Å²) in [5, 5.41) is 3.01. The summed E-state index contributed by atoms with van der Waals surface area (Å²) in [6, 6.07) is 4.17. The molecule has 1 saturated heterocycles. The van der Waals surface area contributed by atoms with Gasteiger partial charge in [-0.1, -0.05) is 11.8 Å². The number of benzene rings is 1. The highest BCUT2D eigenvalue weighted by molar-refractivity contribution is 7.99. The number of ether oxygens (including phenoxy) is 2. The Bertz CT molecular complexity index is 1350. The number of nitrogens with zero attached hydrogens (tertiary/aromatic N) is 4. The number of piperazine rings is 1. The Morgan fingerprint density at radius 2 is 1.63 bits per heavy atom. The third-order valence-electron chi connectivity index (χ3n) is 6.33. The van der Waals surface area contributed by atoms with E-state index in [1.54, 1.807) is 13.0 Å². The van der Waals surface area contributed by atoms with E-state index in [1.165, 1.54) is 24.8 Å². The molecule has 0 bridgehead atoms. The van der Waals surface area contributed by atoms with Gasteiger partial charge < -0.3 is 19.8 Å². The number of imidazole rings is 1. The predicted octanol–water partition coefficient (Wildman–Crippen LogP) is 4.94. The molecule has 0 radical (unpaired) electrons. The summed E-state index contributed by atoms with van der Waals surface area (Å²) in [4.78, 5) is 28.2. The highest BCUT2D eigenvalue weighted by Crippen LogP contribution is 2.36. The minimum atomic E-state index is -4.75. The largest absolute Gasteiger partial charge is 0.482 e. The monoisotopic (exact) mass is 638 g/mol. The molecule has 1 aliphatic heterocycles. The maximum Gasteiger partial charge on any atom is 0.422 e. The molecule has 3 heterocycles. The lowest BCUT2D eigenvalue weighted by Gasteiger charge is -2.34. The molecular formula is C26H29F7N6O3S. The normalized spacial score (nSPS) is 15.2. The zero-order chi connectivity index (χ0) is 31.4. The van der Waals surface area contributed by atoms with Gasteiger partial charge in [-0.15, -0.1) is 0 Å². The number of rotatable bonds is 11. The van der Waals surface area contributed by atoms with Gasteiger partial charge in [0.2, 0.25) is 11.8 Å². The highest BCUT2D eigenvalue weighted by Gasteiger charge is 2.32. The van der Waals surface area contributed by atoms with Crippen LogP contribution in [0.5, 0.6) is 11.6 Å². The Labute approximate surface area is 246 Å². The van der Waals surface area contributed by atoms with E-state index >= 15 is 0 Å². The van der Waals surface area contributed by atoms with Crippen molar-refractivity contribution >= 4 is 34.4 Å². The topological polar surface area (TPSA) is 95.6 Å². The van der Waals surface area contributed by atoms with Crippen LogP contribution in [0.25, 0.3) is 11.0 Å². The van der Waals surface area contributed by atoms with Crippen LogP contribution in [-0.2, 0) is 4.79 Å². The van der Waals surface area contributed by atoms with Crippen LogP contribution >= 0.6 is 11.8 Å². The van der Waals surface area contributed by atoms with Gasteiger partial charge in [0.1, 0.15) is 11.5 Å². The Hall–Kier alpha value is -3.31. The predicted molar refractivity (Wildman–Crippen MR) is 145 cm³/mol. The van der Waals surface area contributed by atoms with Crippen LogP contribution in [0.4, 0.5) is 36.4 Å². The number of nitrogens with one attached hydrogen (secondary N) is 2. The molecule has 0 atom stereocenters. The third kappa shape index (κ3) is 9.86. The van der Waals surface area contributed by atoms with Gasteiger partial charge in [0.15, 0.2) is 24.1 Å². The lowest BCUT2D eigenvalue weighted by Crippen LogP contribution is -2.49. The maximum atomic E-state index is 13.8. The first-order valence-electron chi connectivity index (χ1n) is 13.1. The number of thioether (sulfide) groups is 1. The van der Waals surface area contributed by atoms with Gasteiger partial charge in [0.05, 0.1) is 17.6 Å². The molecule has 2 N–H and O–H groups in total. The number of pyridine rings is 1. The van der Waals surface area contributed by atoms with Crippen LogP contribution in [0.2, 0.25) is 0 Å². The van der Waals surface area contributed by atoms with E-state index in [0.29, 0.717) is 53.7 Å². The zero-order valence-electron chi connectivity index (χ0n) is 23.2. The molecule has 43 heavy (non-hydrogen) atoms. The molecule has 1 amide bonds. The number of H-pyrrole nitrogens is 1. The van der Waals surface area contributed by atoms with Crippen molar-refractivity contribution in [1.82, 2.24) is 24.8 Å². The minimum absolute atomic E-state index is 0.0333. The summed E-state index contributed by atoms with van der Waals surface area (Å²) in [6.45, 7) is 2.34. The second-order valence-electron chi connectivity index (χ2n) is 9.92. The van der Waals surface area contributed by atoms with Gasteiger partial charge in [-0.2, -0.15) is 26.3 Å². The van der Waals surface area contributed by atoms with E-state index in [2.05, 4.69) is 25.2 Å². The van der Waals surface area contributed by atoms with Gasteiger partial charge in [-0.05, 0) is 31.5 Å². The van der Waals surface area contributed by atoms with E-state index in [-0.39, 0.29) is 18.1 Å². The summed E-state index contributed by atoms with van der Waals surface area (Å²) in [5.74, 6) is -1.48. The van der Waals surface area contributed by atoms with Crippen molar-refractivity contribution in [3.8, 4) is 11.6 Å². The fourth-order valence-corrected chi connectivity index (χ4v) is 5.15. The molecule has 2 aromatic heterocycles. The van der Waals surface area contributed by atoms with Crippen LogP contribution in [0.1, 0.15) is 11.3 Å². The first-order chi connectivity index (χ1) is 20.1. The smallest absolute Gasteiger partial charge is 0.422 e. The number of aromatic nitrogens is 3. The van der Waals surface area contributed by atoms with E-state index in [9.17, 15) is 35.5 Å². The number of fused-ring (bicyclic) bond motifs is 1. The number of hydrogen-bond acceptors (Lipinski definition) is 8. The van der Waals surface area contributed by atoms with E-state index in [1.807, 2.05) is 4.90 Å². The number of carbonyl (C=O) groups excluding carboxylic acids is 1. The molecule has 1 aromatic carbocycles. The summed E-state index contributed by atoms with van der Waals surface area (Å²) in [5.41, 5.74) is 1.35. The van der Waals surface area contributed by atoms with Gasteiger partial charge in [0.25, 0.3) is 0 Å². The van der Waals surface area contributed by atoms with Gasteiger partial charge >= 0.3 is 12.4 Å². The molecule has 1 aliphatic rings. The molecular weight excluding hydrogens is 609 g/mol. The second kappa shape index (κ2) is 13.5. The van der Waals surface area contributed by atoms with Crippen LogP contribution in [0, 0.1) is 19.7 Å². The molecule has 17 heteroatoms. The number of halogens is 7. The van der Waals surface area contributed by atoms with Crippen molar-refractivity contribution < 1.29 is 45.0 Å². The number of amides is 1. The standard InChI is InChI=1S/C26H29F7N6O3S/c1-15-9-18-19(11-17(15)27)36-24(35-18)43-8-7-38-3-5-39(6-4-38)12-21(40)37-22-20(41-13-25(28,29)30)10-16(2)34-23(22)42-14-26(31,32)33/h9-11H,3-8,12-14H2,1-2H3,(H,35,36)(H,37,40). The molecule has 9 nitrogen and oxygen atoms in total. The number of hydrogen-bond donors (Lipinski definition) is 2. The van der Waals surface area contributed by atoms with Crippen LogP contribution in [0.15, 0.2) is 23.4 Å². The van der Waals surface area contributed by atoms with Crippen LogP contribution < -0.4 is 14.8 Å². The number of aromatic amines is 1. The summed E-state index contributed by atoms with van der Waals surface area (Å²) >= 11 is 1.50. The number of aryl methyl sites for hydroxylation is 2. The first kappa shape index (κ1) is 32.6. The fraction of sp³-hybridized carbons (Fsp3) is 0.500. The van der Waals surface area contributed by atoms with Crippen molar-refractivity contribution in [3.63, 3.8) is 0 Å². The highest BCUT2D eigenvalue weighted by atomic mass is 32.2. The zero-order valence-corrected chi connectivity index (χ0v) is 24.0. The van der Waals surface area contributed by atoms with Crippen LogP contribution in [-0.4, -0.2) is 101 Å². The lowest BCUT2D eigenvalue weighted by atomic mass is 10.2. The van der Waals surface area contributed by atoms with Gasteiger partial charge in [0, 0.05) is 50.2 Å². The van der Waals surface area contributed by atoms with Gasteiger partial charge in [-0.3, -0.25) is 14.6 Å². The van der Waals surface area contributed by atoms with Crippen LogP contribution in [0.3, 0.4) is 0 Å². The molecule has 0 aliphatic carbocycles. The van der Waals surface area contributed by atoms with Crippen molar-refractivity contribution in [2.75, 3.05) is 63.6 Å². The number of alkyl halides is 6. The first-order valence-corrected chi connectivity index (χ1v) is 14.1. The Morgan fingerprint density at radius 3 is 2.30 bits per heavy atom. The summed E-state index contributed by atoms with van der Waals surface area (Å²) in [7, 11) is 0. The summed E-state index contributed by atoms with van der Waals surface area (Å²) in [6.07, 6.45) is -9.48. The number of carbonyl (C=O) groups is 1. The molecule has 236 valence electrons. The molecule has 4 rings (SSSR count). The lowest BCUT2D eigenvalue weighted by molar-refractivity contribution is -0.154. The average molecular weight is 639 g/mol. The second-order valence-corrected chi connectivity index (χ2v) is 11.0. The quantitative estimate of drug-likeness (QED) is 0.225. The maximum absolute atomic E-state index is 13.8. The van der Waals surface area contributed by atoms with E-state index < -0.39 is 48.8 Å². The molecule has 0 unspecified atom stereocenters. The SMILES string of the molecule is Cc1cc(OCC(F)(F)F)c(NC(=O)CN2CCN(CCSc3nc4cc(C)c(F)cc4[nH]3)CC2)c(OCC(F)(F)F)n1. The van der Waals surface area contributed by atoms with E-state index in [0.717, 1.165) is 12.6 Å². The fourth-order valence-electron chi connectivity index (χ4n) is 4.26. The van der Waals surface area contributed by atoms with Gasteiger partial charge in [-0.25, -0.2) is 14.4 Å². The molecule has 1 fully saturated rings. The van der Waals surface area contributed by atoms with Crippen molar-refractivity contribution in [3.05, 3.63) is 35.3 Å². The molecule has 3 aromatic rings. The Balaban J connectivity index is 1.29. The number of anilines is 1. The van der Waals surface area contributed by atoms with Crippen molar-refractivity contribution in [2.24, 2.45) is 0 Å². The van der Waals surface area contributed by atoms with Crippen molar-refractivity contribution in [1.29, 1.82) is 0 Å². The minimum Gasteiger partial charge on any atom is -0.482 e. The Kier molecular flexibility index (Phi) is 10.3. The average Bonchev–Trinajstić information content (AvgIpc) is 3.29. The third-order valence-corrected chi connectivity index (χ3v) is 7.18. The summed E-state index contributed by atoms with van der Waals surface area (Å²) < 4.78 is 99.9.